The van der Waals surface area contributed by atoms with Crippen molar-refractivity contribution in [2.24, 2.45) is 0 Å². The number of aromatic nitrogens is 1. The molecule has 9 aromatic rings. The van der Waals surface area contributed by atoms with Crippen molar-refractivity contribution in [3.05, 3.63) is 204 Å². The van der Waals surface area contributed by atoms with Crippen molar-refractivity contribution in [2.45, 2.75) is 0 Å². The van der Waals surface area contributed by atoms with E-state index in [9.17, 15) is 15.3 Å². The number of carbonyl (C=O) groups excluding carboxylic acids is 2. The number of hydrogen-bond acceptors (Lipinski definition) is 4. The smallest absolute Gasteiger partial charge is 0.268 e. The molecule has 2 amide bonds. The molecule has 0 bridgehead atoms. The zero-order valence-electron chi connectivity index (χ0n) is 30.9. The van der Waals surface area contributed by atoms with Gasteiger partial charge in [0.2, 0.25) is 0 Å². The summed E-state index contributed by atoms with van der Waals surface area (Å²) in [7, 11) is 0. The van der Waals surface area contributed by atoms with Crippen LogP contribution in [0.15, 0.2) is 182 Å². The minimum Gasteiger partial charge on any atom is -0.308 e. The molecule has 2 heterocycles. The lowest BCUT2D eigenvalue weighted by Gasteiger charge is -2.20. The molecule has 0 saturated heterocycles. The molecule has 1 aliphatic heterocycles. The molecule has 0 atom stereocenters. The van der Waals surface area contributed by atoms with E-state index in [4.69, 9.17) is 0 Å². The van der Waals surface area contributed by atoms with Gasteiger partial charge in [-0.3, -0.25) is 9.59 Å². The molecule has 0 radical (unpaired) electrons. The van der Waals surface area contributed by atoms with E-state index >= 15 is 4.79 Å². The van der Waals surface area contributed by atoms with Crippen LogP contribution in [0, 0.1) is 22.7 Å². The number of benzene rings is 8. The second-order valence-corrected chi connectivity index (χ2v) is 14.2. The van der Waals surface area contributed by atoms with Crippen LogP contribution < -0.4 is 4.90 Å². The van der Waals surface area contributed by atoms with Gasteiger partial charge in [-0.2, -0.15) is 10.5 Å². The van der Waals surface area contributed by atoms with Crippen LogP contribution in [0.4, 0.5) is 5.69 Å². The van der Waals surface area contributed by atoms with E-state index in [-0.39, 0.29) is 0 Å². The van der Waals surface area contributed by atoms with E-state index in [1.807, 2.05) is 152 Å². The summed E-state index contributed by atoms with van der Waals surface area (Å²) in [6, 6.07) is 62.9. The van der Waals surface area contributed by atoms with Gasteiger partial charge in [0, 0.05) is 16.3 Å². The summed E-state index contributed by atoms with van der Waals surface area (Å²) in [4.78, 5) is 31.1. The summed E-state index contributed by atoms with van der Waals surface area (Å²) in [5, 5.41) is 21.7. The van der Waals surface area contributed by atoms with Crippen LogP contribution in [0.1, 0.15) is 31.8 Å². The molecule has 1 aromatic heterocycles. The van der Waals surface area contributed by atoms with Crippen molar-refractivity contribution >= 4 is 39.3 Å². The van der Waals surface area contributed by atoms with Crippen molar-refractivity contribution in [3.8, 4) is 62.3 Å². The van der Waals surface area contributed by atoms with Gasteiger partial charge in [-0.25, -0.2) is 4.90 Å². The van der Waals surface area contributed by atoms with Crippen LogP contribution in [-0.4, -0.2) is 16.4 Å². The van der Waals surface area contributed by atoms with Crippen molar-refractivity contribution in [1.82, 2.24) is 4.57 Å². The molecule has 1 aliphatic rings. The minimum absolute atomic E-state index is 0.313. The molecular formula is C52H30N4O2. The molecule has 6 nitrogen and oxygen atoms in total. The first-order valence-electron chi connectivity index (χ1n) is 18.9. The monoisotopic (exact) mass is 742 g/mol. The van der Waals surface area contributed by atoms with Crippen LogP contribution in [0.25, 0.3) is 72.0 Å². The fourth-order valence-electron chi connectivity index (χ4n) is 8.34. The first-order chi connectivity index (χ1) is 28.5. The first kappa shape index (κ1) is 34.2. The standard InChI is InChI=1S/C52H30N4O2/c53-31-38-16-7-9-18-40(38)36-23-26-46-44(28-36)45-29-37(41-19-10-8-17-39(41)32-54)24-27-47(45)55(46)48-21-11-20-43-50(48)52(58)56(51(43)57)49-30-35(33-12-3-1-4-13-33)22-25-42(49)34-14-5-2-6-15-34/h1-30H. The zero-order valence-corrected chi connectivity index (χ0v) is 30.9. The summed E-state index contributed by atoms with van der Waals surface area (Å²) >= 11 is 0. The van der Waals surface area contributed by atoms with Crippen LogP contribution in [0.3, 0.4) is 0 Å². The molecule has 8 aromatic carbocycles. The number of nitriles is 2. The highest BCUT2D eigenvalue weighted by molar-refractivity contribution is 6.36. The number of fused-ring (bicyclic) bond motifs is 4. The Morgan fingerprint density at radius 2 is 0.897 bits per heavy atom. The van der Waals surface area contributed by atoms with E-state index in [1.54, 1.807) is 18.2 Å². The lowest BCUT2D eigenvalue weighted by atomic mass is 9.96. The number of imide groups is 1. The van der Waals surface area contributed by atoms with Gasteiger partial charge < -0.3 is 4.57 Å². The van der Waals surface area contributed by atoms with Gasteiger partial charge in [-0.05, 0) is 93.5 Å². The molecule has 58 heavy (non-hydrogen) atoms. The summed E-state index contributed by atoms with van der Waals surface area (Å²) in [6.45, 7) is 0. The molecule has 0 aliphatic carbocycles. The predicted molar refractivity (Wildman–Crippen MR) is 230 cm³/mol. The number of nitrogens with zero attached hydrogens (tertiary/aromatic N) is 4. The topological polar surface area (TPSA) is 89.9 Å². The summed E-state index contributed by atoms with van der Waals surface area (Å²) in [5.41, 5.74) is 11.4. The molecule has 0 unspecified atom stereocenters. The highest BCUT2D eigenvalue weighted by Crippen LogP contribution is 2.43. The van der Waals surface area contributed by atoms with Crippen LogP contribution in [0.2, 0.25) is 0 Å². The second kappa shape index (κ2) is 13.8. The SMILES string of the molecule is N#Cc1ccccc1-c1ccc2c(c1)c1cc(-c3ccccc3C#N)ccc1n2-c1cccc2c1C(=O)N(c1cc(-c3ccccc3)ccc1-c1ccccc1)C2=O. The van der Waals surface area contributed by atoms with Gasteiger partial charge >= 0.3 is 0 Å². The van der Waals surface area contributed by atoms with E-state index in [1.165, 1.54) is 4.90 Å². The first-order valence-corrected chi connectivity index (χ1v) is 18.9. The highest BCUT2D eigenvalue weighted by Gasteiger charge is 2.40. The normalized spacial score (nSPS) is 12.1. The molecule has 270 valence electrons. The Morgan fingerprint density at radius 3 is 1.48 bits per heavy atom. The maximum atomic E-state index is 15.1. The van der Waals surface area contributed by atoms with Gasteiger partial charge in [-0.1, -0.05) is 127 Å². The van der Waals surface area contributed by atoms with E-state index in [2.05, 4.69) is 28.8 Å². The van der Waals surface area contributed by atoms with Gasteiger partial charge in [0.15, 0.2) is 0 Å². The summed E-state index contributed by atoms with van der Waals surface area (Å²) < 4.78 is 2.05. The molecule has 6 heteroatoms. The fraction of sp³-hybridized carbons (Fsp3) is 0. The third-order valence-electron chi connectivity index (χ3n) is 11.0. The molecule has 0 fully saturated rings. The molecule has 0 N–H and O–H groups in total. The van der Waals surface area contributed by atoms with Gasteiger partial charge in [0.1, 0.15) is 0 Å². The number of amides is 2. The number of carbonyl (C=O) groups is 2. The maximum absolute atomic E-state index is 15.1. The lowest BCUT2D eigenvalue weighted by Crippen LogP contribution is -2.30. The quantitative estimate of drug-likeness (QED) is 0.159. The average Bonchev–Trinajstić information content (AvgIpc) is 3.75. The largest absolute Gasteiger partial charge is 0.308 e. The Hall–Kier alpha value is -8.32. The number of hydrogen-bond donors (Lipinski definition) is 0. The Morgan fingerprint density at radius 1 is 0.379 bits per heavy atom. The Bertz CT molecular complexity index is 3130. The minimum atomic E-state index is -0.410. The Kier molecular flexibility index (Phi) is 8.11. The number of anilines is 1. The van der Waals surface area contributed by atoms with Crippen LogP contribution >= 0.6 is 0 Å². The van der Waals surface area contributed by atoms with Crippen molar-refractivity contribution in [2.75, 3.05) is 4.90 Å². The molecular weight excluding hydrogens is 713 g/mol. The van der Waals surface area contributed by atoms with Crippen LogP contribution in [0.5, 0.6) is 0 Å². The Balaban J connectivity index is 1.20. The Labute approximate surface area is 334 Å². The summed E-state index contributed by atoms with van der Waals surface area (Å²) in [5.74, 6) is -0.803. The van der Waals surface area contributed by atoms with Gasteiger partial charge in [-0.15, -0.1) is 0 Å². The lowest BCUT2D eigenvalue weighted by molar-refractivity contribution is 0.0926. The third kappa shape index (κ3) is 5.40. The van der Waals surface area contributed by atoms with Crippen LogP contribution in [-0.2, 0) is 0 Å². The van der Waals surface area contributed by atoms with E-state index < -0.39 is 11.8 Å². The number of rotatable bonds is 6. The van der Waals surface area contributed by atoms with E-state index in [0.717, 1.165) is 66.3 Å². The van der Waals surface area contributed by atoms with Crippen molar-refractivity contribution < 1.29 is 9.59 Å². The predicted octanol–water partition coefficient (Wildman–Crippen LogP) is 12.0. The van der Waals surface area contributed by atoms with Gasteiger partial charge in [0.05, 0.1) is 56.8 Å². The highest BCUT2D eigenvalue weighted by atomic mass is 16.2. The van der Waals surface area contributed by atoms with Crippen molar-refractivity contribution in [3.63, 3.8) is 0 Å². The second-order valence-electron chi connectivity index (χ2n) is 14.2. The third-order valence-corrected chi connectivity index (χ3v) is 11.0. The average molecular weight is 743 g/mol. The van der Waals surface area contributed by atoms with Crippen molar-refractivity contribution in [1.29, 1.82) is 10.5 Å². The fourth-order valence-corrected chi connectivity index (χ4v) is 8.34. The molecule has 0 spiro atoms. The van der Waals surface area contributed by atoms with Gasteiger partial charge in [0.25, 0.3) is 11.8 Å². The summed E-state index contributed by atoms with van der Waals surface area (Å²) in [6.07, 6.45) is 0. The molecule has 0 saturated carbocycles. The zero-order chi connectivity index (χ0) is 39.3. The van der Waals surface area contributed by atoms with E-state index in [0.29, 0.717) is 33.6 Å². The molecule has 10 rings (SSSR count). The maximum Gasteiger partial charge on any atom is 0.268 e.